The number of carboxylic acids is 1. The quantitative estimate of drug-likeness (QED) is 0.807. The van der Waals surface area contributed by atoms with Crippen LogP contribution in [0.5, 0.6) is 0 Å². The average Bonchev–Trinajstić information content (AvgIpc) is 3.29. The third kappa shape index (κ3) is 2.69. The van der Waals surface area contributed by atoms with E-state index in [1.807, 2.05) is 4.90 Å². The summed E-state index contributed by atoms with van der Waals surface area (Å²) in [5.74, 6) is 0.772. The number of hydrogen-bond donors (Lipinski definition) is 1. The third-order valence-corrected chi connectivity index (χ3v) is 6.36. The van der Waals surface area contributed by atoms with E-state index in [9.17, 15) is 14.7 Å². The van der Waals surface area contributed by atoms with E-state index in [1.165, 1.54) is 0 Å². The van der Waals surface area contributed by atoms with Crippen molar-refractivity contribution in [3.05, 3.63) is 12.2 Å². The van der Waals surface area contributed by atoms with Crippen LogP contribution in [0.3, 0.4) is 0 Å². The van der Waals surface area contributed by atoms with Crippen molar-refractivity contribution in [3.63, 3.8) is 0 Å². The number of piperidine rings is 1. The summed E-state index contributed by atoms with van der Waals surface area (Å²) in [5.41, 5.74) is 0. The monoisotopic (exact) mass is 319 g/mol. The predicted octanol–water partition coefficient (Wildman–Crippen LogP) is 1.93. The number of hydrogen-bond acceptors (Lipinski definition) is 3. The van der Waals surface area contributed by atoms with Crippen LogP contribution in [0.15, 0.2) is 12.2 Å². The van der Waals surface area contributed by atoms with E-state index in [2.05, 4.69) is 12.2 Å². The van der Waals surface area contributed by atoms with Crippen LogP contribution in [0.1, 0.15) is 32.1 Å². The van der Waals surface area contributed by atoms with Crippen molar-refractivity contribution in [2.24, 2.45) is 29.6 Å². The van der Waals surface area contributed by atoms with E-state index in [0.717, 1.165) is 38.8 Å². The summed E-state index contributed by atoms with van der Waals surface area (Å²) in [6.07, 6.45) is 8.88. The summed E-state index contributed by atoms with van der Waals surface area (Å²) in [4.78, 5) is 26.1. The maximum atomic E-state index is 12.8. The van der Waals surface area contributed by atoms with Crippen molar-refractivity contribution in [1.82, 2.24) is 4.90 Å². The molecule has 0 aromatic carbocycles. The molecule has 0 aromatic rings. The molecule has 4 aliphatic rings. The summed E-state index contributed by atoms with van der Waals surface area (Å²) in [5, 5.41) is 9.31. The third-order valence-electron chi connectivity index (χ3n) is 6.36. The molecule has 4 unspecified atom stereocenters. The number of fused-ring (bicyclic) bond motifs is 2. The van der Waals surface area contributed by atoms with Gasteiger partial charge >= 0.3 is 5.97 Å². The fraction of sp³-hybridized carbons (Fsp3) is 0.778. The molecule has 126 valence electrons. The van der Waals surface area contributed by atoms with E-state index < -0.39 is 5.97 Å². The molecule has 2 aliphatic heterocycles. The maximum Gasteiger partial charge on any atom is 0.309 e. The summed E-state index contributed by atoms with van der Waals surface area (Å²) >= 11 is 0. The molecule has 5 atom stereocenters. The molecule has 0 aromatic heterocycles. The summed E-state index contributed by atoms with van der Waals surface area (Å²) in [6, 6.07) is 0. The minimum atomic E-state index is -0.736. The Labute approximate surface area is 136 Å². The van der Waals surface area contributed by atoms with Crippen molar-refractivity contribution in [1.29, 1.82) is 0 Å². The van der Waals surface area contributed by atoms with Crippen LogP contribution in [-0.4, -0.2) is 47.7 Å². The lowest BCUT2D eigenvalue weighted by Crippen LogP contribution is -2.45. The minimum absolute atomic E-state index is 0.157. The van der Waals surface area contributed by atoms with E-state index in [4.69, 9.17) is 4.74 Å². The molecule has 23 heavy (non-hydrogen) atoms. The van der Waals surface area contributed by atoms with Crippen LogP contribution in [-0.2, 0) is 14.3 Å². The second kappa shape index (κ2) is 5.93. The van der Waals surface area contributed by atoms with E-state index >= 15 is 0 Å². The van der Waals surface area contributed by atoms with Crippen LogP contribution < -0.4 is 0 Å². The predicted molar refractivity (Wildman–Crippen MR) is 83.6 cm³/mol. The number of aliphatic carboxylic acids is 1. The van der Waals surface area contributed by atoms with Gasteiger partial charge in [-0.25, -0.2) is 0 Å². The van der Waals surface area contributed by atoms with Crippen molar-refractivity contribution in [2.75, 3.05) is 19.7 Å². The molecule has 5 heteroatoms. The Morgan fingerprint density at radius 3 is 2.43 bits per heavy atom. The highest BCUT2D eigenvalue weighted by molar-refractivity contribution is 5.80. The van der Waals surface area contributed by atoms with Gasteiger partial charge in [-0.1, -0.05) is 12.2 Å². The normalized spacial score (nSPS) is 40.0. The highest BCUT2D eigenvalue weighted by Gasteiger charge is 2.44. The Morgan fingerprint density at radius 1 is 1.04 bits per heavy atom. The Morgan fingerprint density at radius 2 is 1.83 bits per heavy atom. The average molecular weight is 319 g/mol. The van der Waals surface area contributed by atoms with Crippen LogP contribution >= 0.6 is 0 Å². The number of nitrogens with zero attached hydrogens (tertiary/aromatic N) is 1. The van der Waals surface area contributed by atoms with Gasteiger partial charge in [-0.3, -0.25) is 9.59 Å². The van der Waals surface area contributed by atoms with Gasteiger partial charge in [0.2, 0.25) is 5.91 Å². The zero-order valence-electron chi connectivity index (χ0n) is 13.4. The van der Waals surface area contributed by atoms with Crippen molar-refractivity contribution in [3.8, 4) is 0 Å². The van der Waals surface area contributed by atoms with Gasteiger partial charge in [-0.05, 0) is 49.9 Å². The molecule has 0 spiro atoms. The van der Waals surface area contributed by atoms with E-state index in [1.54, 1.807) is 0 Å². The van der Waals surface area contributed by atoms with Gasteiger partial charge in [0.15, 0.2) is 0 Å². The molecule has 2 saturated heterocycles. The summed E-state index contributed by atoms with van der Waals surface area (Å²) in [7, 11) is 0. The summed E-state index contributed by atoms with van der Waals surface area (Å²) in [6.45, 7) is 2.07. The Balaban J connectivity index is 1.33. The Kier molecular flexibility index (Phi) is 3.92. The lowest BCUT2D eigenvalue weighted by molar-refractivity contribution is -0.146. The van der Waals surface area contributed by atoms with E-state index in [0.29, 0.717) is 30.8 Å². The van der Waals surface area contributed by atoms with Crippen molar-refractivity contribution < 1.29 is 19.4 Å². The number of ether oxygens (including phenoxy) is 1. The number of carboxylic acid groups (broad SMARTS) is 1. The first kappa shape index (κ1) is 15.2. The van der Waals surface area contributed by atoms with Crippen molar-refractivity contribution in [2.45, 2.75) is 38.2 Å². The van der Waals surface area contributed by atoms with Gasteiger partial charge in [0.1, 0.15) is 0 Å². The van der Waals surface area contributed by atoms with E-state index in [-0.39, 0.29) is 23.9 Å². The molecule has 1 saturated carbocycles. The van der Waals surface area contributed by atoms with Gasteiger partial charge in [0.25, 0.3) is 0 Å². The van der Waals surface area contributed by atoms with Gasteiger partial charge in [-0.2, -0.15) is 0 Å². The lowest BCUT2D eigenvalue weighted by Gasteiger charge is -2.37. The minimum Gasteiger partial charge on any atom is -0.481 e. The molecule has 2 heterocycles. The lowest BCUT2D eigenvalue weighted by atomic mass is 9.83. The first-order chi connectivity index (χ1) is 11.1. The first-order valence-corrected chi connectivity index (χ1v) is 8.95. The van der Waals surface area contributed by atoms with Crippen LogP contribution in [0.2, 0.25) is 0 Å². The number of likely N-dealkylation sites (tertiary alicyclic amines) is 1. The molecular formula is C18H25NO4. The Hall–Kier alpha value is -1.36. The highest BCUT2D eigenvalue weighted by Crippen LogP contribution is 2.44. The molecule has 2 bridgehead atoms. The highest BCUT2D eigenvalue weighted by atomic mass is 16.5. The SMILES string of the molecule is O=C(O)C1CCO[C@H]1C1CCN(C(=O)C2CC3C=CC2C3)CC1. The first-order valence-electron chi connectivity index (χ1n) is 8.95. The molecule has 3 fully saturated rings. The Bertz CT molecular complexity index is 523. The van der Waals surface area contributed by atoms with Crippen LogP contribution in [0.4, 0.5) is 0 Å². The fourth-order valence-corrected chi connectivity index (χ4v) is 5.09. The molecule has 0 radical (unpaired) electrons. The van der Waals surface area contributed by atoms with Gasteiger partial charge in [-0.15, -0.1) is 0 Å². The smallest absolute Gasteiger partial charge is 0.309 e. The molecule has 1 N–H and O–H groups in total. The number of amides is 1. The standard InChI is InChI=1S/C18H25NO4/c20-17(15-10-11-1-2-13(15)9-11)19-6-3-12(4-7-19)16-14(18(21)22)5-8-23-16/h1-2,11-16H,3-10H2,(H,21,22)/t11?,13?,14?,15?,16-/m0/s1. The largest absolute Gasteiger partial charge is 0.481 e. The number of carbonyl (C=O) groups is 2. The van der Waals surface area contributed by atoms with Crippen molar-refractivity contribution >= 4 is 11.9 Å². The maximum absolute atomic E-state index is 12.8. The van der Waals surface area contributed by atoms with Crippen LogP contribution in [0, 0.1) is 29.6 Å². The second-order valence-electron chi connectivity index (χ2n) is 7.62. The fourth-order valence-electron chi connectivity index (χ4n) is 5.09. The molecule has 4 rings (SSSR count). The van der Waals surface area contributed by atoms with Gasteiger partial charge in [0.05, 0.1) is 12.0 Å². The van der Waals surface area contributed by atoms with Crippen LogP contribution in [0.25, 0.3) is 0 Å². The molecule has 2 aliphatic carbocycles. The molecular weight excluding hydrogens is 294 g/mol. The number of carbonyl (C=O) groups excluding carboxylic acids is 1. The topological polar surface area (TPSA) is 66.8 Å². The molecule has 5 nitrogen and oxygen atoms in total. The number of rotatable bonds is 3. The zero-order valence-corrected chi connectivity index (χ0v) is 13.4. The number of allylic oxidation sites excluding steroid dienone is 2. The zero-order chi connectivity index (χ0) is 16.0. The van der Waals surface area contributed by atoms with Gasteiger partial charge < -0.3 is 14.7 Å². The summed E-state index contributed by atoms with van der Waals surface area (Å²) < 4.78 is 5.71. The second-order valence-corrected chi connectivity index (χ2v) is 7.62. The van der Waals surface area contributed by atoms with Gasteiger partial charge in [0, 0.05) is 25.6 Å². The molecule has 1 amide bonds.